The molecule has 0 aromatic heterocycles. The van der Waals surface area contributed by atoms with Gasteiger partial charge >= 0.3 is 0 Å². The van der Waals surface area contributed by atoms with Gasteiger partial charge in [-0.15, -0.1) is 0 Å². The zero-order valence-corrected chi connectivity index (χ0v) is 13.7. The molecule has 1 N–H and O–H groups in total. The van der Waals surface area contributed by atoms with Gasteiger partial charge in [0.25, 0.3) is 0 Å². The predicted octanol–water partition coefficient (Wildman–Crippen LogP) is 4.76. The molecule has 3 aromatic carbocycles. The second-order valence-corrected chi connectivity index (χ2v) is 6.13. The van der Waals surface area contributed by atoms with E-state index in [-0.39, 0.29) is 23.5 Å². The van der Waals surface area contributed by atoms with Crippen LogP contribution in [0.4, 0.5) is 0 Å². The Morgan fingerprint density at radius 1 is 0.870 bits per heavy atom. The monoisotopic (exact) mass is 368 g/mol. The summed E-state index contributed by atoms with van der Waals surface area (Å²) in [6, 6.07) is 17.6. The van der Waals surface area contributed by atoms with Crippen molar-refractivity contribution in [2.75, 3.05) is 0 Å². The van der Waals surface area contributed by atoms with Crippen LogP contribution in [0.1, 0.15) is 27.1 Å². The van der Waals surface area contributed by atoms with E-state index in [2.05, 4.69) is 15.9 Å². The normalized spacial score (nSPS) is 10.7. The van der Waals surface area contributed by atoms with Crippen LogP contribution >= 0.6 is 15.9 Å². The first-order valence-corrected chi connectivity index (χ1v) is 7.88. The molecule has 114 valence electrons. The van der Waals surface area contributed by atoms with Gasteiger partial charge in [0.1, 0.15) is 5.75 Å². The standard InChI is InChI=1S/C19H13BrO3/c20-13-8-9-16(17(21)10-13)19(23)11-18(22)15-7-3-5-12-4-1-2-6-14(12)15/h1-10,21H,11H2. The summed E-state index contributed by atoms with van der Waals surface area (Å²) in [5.41, 5.74) is 0.676. The lowest BCUT2D eigenvalue weighted by atomic mass is 9.97. The third-order valence-electron chi connectivity index (χ3n) is 3.67. The second kappa shape index (κ2) is 6.34. The molecule has 0 amide bonds. The summed E-state index contributed by atoms with van der Waals surface area (Å²) in [6.45, 7) is 0. The molecule has 0 aliphatic heterocycles. The maximum atomic E-state index is 12.5. The highest BCUT2D eigenvalue weighted by Crippen LogP contribution is 2.25. The van der Waals surface area contributed by atoms with Gasteiger partial charge in [0.2, 0.25) is 0 Å². The zero-order chi connectivity index (χ0) is 16.4. The van der Waals surface area contributed by atoms with Crippen LogP contribution in [0.3, 0.4) is 0 Å². The van der Waals surface area contributed by atoms with Gasteiger partial charge in [-0.05, 0) is 29.0 Å². The molecular formula is C19H13BrO3. The minimum atomic E-state index is -0.395. The van der Waals surface area contributed by atoms with Gasteiger partial charge in [-0.3, -0.25) is 9.59 Å². The Morgan fingerprint density at radius 3 is 2.35 bits per heavy atom. The van der Waals surface area contributed by atoms with E-state index >= 15 is 0 Å². The first-order chi connectivity index (χ1) is 11.1. The summed E-state index contributed by atoms with van der Waals surface area (Å²) in [5.74, 6) is -0.780. The predicted molar refractivity (Wildman–Crippen MR) is 93.0 cm³/mol. The SMILES string of the molecule is O=C(CC(=O)c1cccc2ccccc12)c1ccc(Br)cc1O. The van der Waals surface area contributed by atoms with Gasteiger partial charge in [-0.1, -0.05) is 58.4 Å². The molecule has 4 heteroatoms. The number of phenols is 1. The maximum Gasteiger partial charge on any atom is 0.174 e. The van der Waals surface area contributed by atoms with Crippen LogP contribution in [0.5, 0.6) is 5.75 Å². The highest BCUT2D eigenvalue weighted by atomic mass is 79.9. The van der Waals surface area contributed by atoms with E-state index in [4.69, 9.17) is 0 Å². The molecule has 0 spiro atoms. The average molecular weight is 369 g/mol. The van der Waals surface area contributed by atoms with Crippen molar-refractivity contribution in [1.82, 2.24) is 0 Å². The van der Waals surface area contributed by atoms with E-state index in [1.54, 1.807) is 18.2 Å². The molecule has 0 saturated carbocycles. The highest BCUT2D eigenvalue weighted by Gasteiger charge is 2.18. The summed E-state index contributed by atoms with van der Waals surface area (Å²) >= 11 is 3.22. The lowest BCUT2D eigenvalue weighted by molar-refractivity contribution is 0.0894. The molecule has 0 saturated heterocycles. The van der Waals surface area contributed by atoms with E-state index in [1.807, 2.05) is 30.3 Å². The molecule has 0 bridgehead atoms. The number of phenolic OH excluding ortho intramolecular Hbond substituents is 1. The Balaban J connectivity index is 1.90. The molecule has 0 aliphatic carbocycles. The van der Waals surface area contributed by atoms with Crippen molar-refractivity contribution < 1.29 is 14.7 Å². The van der Waals surface area contributed by atoms with Gasteiger partial charge < -0.3 is 5.11 Å². The number of Topliss-reactive ketones (excluding diaryl/α,β-unsaturated/α-hetero) is 2. The molecular weight excluding hydrogens is 356 g/mol. The van der Waals surface area contributed by atoms with E-state index in [1.165, 1.54) is 12.1 Å². The van der Waals surface area contributed by atoms with Crippen molar-refractivity contribution >= 4 is 38.3 Å². The molecule has 3 nitrogen and oxygen atoms in total. The molecule has 3 aromatic rings. The number of halogens is 1. The average Bonchev–Trinajstić information content (AvgIpc) is 2.54. The summed E-state index contributed by atoms with van der Waals surface area (Å²) in [4.78, 5) is 24.8. The largest absolute Gasteiger partial charge is 0.507 e. The Bertz CT molecular complexity index is 910. The van der Waals surface area contributed by atoms with E-state index in [0.29, 0.717) is 10.0 Å². The van der Waals surface area contributed by atoms with E-state index < -0.39 is 5.78 Å². The number of fused-ring (bicyclic) bond motifs is 1. The van der Waals surface area contributed by atoms with Crippen molar-refractivity contribution in [3.8, 4) is 5.75 Å². The fraction of sp³-hybridized carbons (Fsp3) is 0.0526. The fourth-order valence-electron chi connectivity index (χ4n) is 2.55. The number of hydrogen-bond donors (Lipinski definition) is 1. The van der Waals surface area contributed by atoms with Crippen molar-refractivity contribution in [2.45, 2.75) is 6.42 Å². The third kappa shape index (κ3) is 3.17. The Morgan fingerprint density at radius 2 is 1.57 bits per heavy atom. The van der Waals surface area contributed by atoms with Crippen molar-refractivity contribution in [1.29, 1.82) is 0 Å². The lowest BCUT2D eigenvalue weighted by Crippen LogP contribution is -2.09. The Labute approximate surface area is 141 Å². The Hall–Kier alpha value is -2.46. The second-order valence-electron chi connectivity index (χ2n) is 5.21. The number of aromatic hydroxyl groups is 1. The van der Waals surface area contributed by atoms with Gasteiger partial charge in [0.05, 0.1) is 12.0 Å². The number of carbonyl (C=O) groups excluding carboxylic acids is 2. The lowest BCUT2D eigenvalue weighted by Gasteiger charge is -2.07. The zero-order valence-electron chi connectivity index (χ0n) is 12.1. The minimum absolute atomic E-state index is 0.130. The fourth-order valence-corrected chi connectivity index (χ4v) is 2.89. The summed E-state index contributed by atoms with van der Waals surface area (Å²) < 4.78 is 0.673. The molecule has 3 rings (SSSR count). The highest BCUT2D eigenvalue weighted by molar-refractivity contribution is 9.10. The number of rotatable bonds is 4. The van der Waals surface area contributed by atoms with Crippen LogP contribution in [0.25, 0.3) is 10.8 Å². The number of hydrogen-bond acceptors (Lipinski definition) is 3. The molecule has 23 heavy (non-hydrogen) atoms. The third-order valence-corrected chi connectivity index (χ3v) is 4.16. The quantitative estimate of drug-likeness (QED) is 0.533. The molecule has 0 fully saturated rings. The van der Waals surface area contributed by atoms with Crippen LogP contribution < -0.4 is 0 Å². The molecule has 0 aliphatic rings. The van der Waals surface area contributed by atoms with Crippen molar-refractivity contribution in [3.05, 3.63) is 76.3 Å². The maximum absolute atomic E-state index is 12.5. The van der Waals surface area contributed by atoms with Crippen LogP contribution in [0.2, 0.25) is 0 Å². The summed E-state index contributed by atoms with van der Waals surface area (Å²) in [6.07, 6.45) is -0.275. The van der Waals surface area contributed by atoms with Crippen molar-refractivity contribution in [3.63, 3.8) is 0 Å². The van der Waals surface area contributed by atoms with E-state index in [0.717, 1.165) is 10.8 Å². The van der Waals surface area contributed by atoms with Gasteiger partial charge in [0.15, 0.2) is 11.6 Å². The first-order valence-electron chi connectivity index (χ1n) is 7.09. The summed E-state index contributed by atoms with van der Waals surface area (Å²) in [5, 5.41) is 11.6. The number of benzene rings is 3. The van der Waals surface area contributed by atoms with Gasteiger partial charge in [-0.25, -0.2) is 0 Å². The first kappa shape index (κ1) is 15.4. The molecule has 0 atom stereocenters. The topological polar surface area (TPSA) is 54.4 Å². The number of ketones is 2. The van der Waals surface area contributed by atoms with Gasteiger partial charge in [-0.2, -0.15) is 0 Å². The molecule has 0 radical (unpaired) electrons. The minimum Gasteiger partial charge on any atom is -0.507 e. The van der Waals surface area contributed by atoms with Gasteiger partial charge in [0, 0.05) is 10.0 Å². The molecule has 0 heterocycles. The van der Waals surface area contributed by atoms with E-state index in [9.17, 15) is 14.7 Å². The van der Waals surface area contributed by atoms with Crippen LogP contribution in [0.15, 0.2) is 65.1 Å². The van der Waals surface area contributed by atoms with Crippen LogP contribution in [0, 0.1) is 0 Å². The van der Waals surface area contributed by atoms with Crippen LogP contribution in [-0.4, -0.2) is 16.7 Å². The van der Waals surface area contributed by atoms with Crippen LogP contribution in [-0.2, 0) is 0 Å². The van der Waals surface area contributed by atoms with Crippen molar-refractivity contribution in [2.24, 2.45) is 0 Å². The smallest absolute Gasteiger partial charge is 0.174 e. The summed E-state index contributed by atoms with van der Waals surface area (Å²) in [7, 11) is 0. The Kier molecular flexibility index (Phi) is 4.26. The number of carbonyl (C=O) groups is 2. The molecule has 0 unspecified atom stereocenters.